The zero-order valence-corrected chi connectivity index (χ0v) is 20.2. The number of fused-ring (bicyclic) bond motifs is 5. The van der Waals surface area contributed by atoms with E-state index in [9.17, 15) is 4.79 Å². The molecule has 10 heteroatoms. The zero-order valence-electron chi connectivity index (χ0n) is 17.9. The molecule has 0 N–H and O–H groups in total. The molecular weight excluding hydrogens is 484 g/mol. The van der Waals surface area contributed by atoms with Crippen molar-refractivity contribution < 1.29 is 9.53 Å². The highest BCUT2D eigenvalue weighted by molar-refractivity contribution is 9.10. The summed E-state index contributed by atoms with van der Waals surface area (Å²) in [5, 5.41) is 6.72. The molecule has 5 rings (SSSR count). The summed E-state index contributed by atoms with van der Waals surface area (Å²) in [6.07, 6.45) is 3.70. The highest BCUT2D eigenvalue weighted by Crippen LogP contribution is 2.41. The van der Waals surface area contributed by atoms with Crippen molar-refractivity contribution in [3.63, 3.8) is 0 Å². The van der Waals surface area contributed by atoms with Crippen LogP contribution in [0.1, 0.15) is 33.6 Å². The van der Waals surface area contributed by atoms with Crippen LogP contribution in [0.15, 0.2) is 16.7 Å². The fraction of sp³-hybridized carbons (Fsp3) is 0.524. The summed E-state index contributed by atoms with van der Waals surface area (Å²) in [5.74, 6) is 0.817. The number of carbonyl (C=O) groups excluding carboxylic acids is 1. The molecule has 2 aromatic heterocycles. The maximum Gasteiger partial charge on any atom is 0.410 e. The predicted molar refractivity (Wildman–Crippen MR) is 124 cm³/mol. The van der Waals surface area contributed by atoms with E-state index >= 15 is 0 Å². The smallest absolute Gasteiger partial charge is 0.410 e. The minimum atomic E-state index is -0.511. The molecule has 2 aliphatic heterocycles. The Balaban J connectivity index is 1.58. The highest BCUT2D eigenvalue weighted by atomic mass is 79.9. The lowest BCUT2D eigenvalue weighted by Gasteiger charge is -2.42. The van der Waals surface area contributed by atoms with Crippen LogP contribution in [-0.4, -0.2) is 61.5 Å². The lowest BCUT2D eigenvalue weighted by Crippen LogP contribution is -2.56. The van der Waals surface area contributed by atoms with Crippen molar-refractivity contribution >= 4 is 61.2 Å². The van der Waals surface area contributed by atoms with Gasteiger partial charge in [0, 0.05) is 48.3 Å². The van der Waals surface area contributed by atoms with Crippen molar-refractivity contribution in [3.8, 4) is 0 Å². The second kappa shape index (κ2) is 7.20. The Morgan fingerprint density at radius 3 is 2.55 bits per heavy atom. The van der Waals surface area contributed by atoms with E-state index in [1.807, 2.05) is 45.0 Å². The Hall–Kier alpha value is -2.13. The second-order valence-corrected chi connectivity index (χ2v) is 10.5. The minimum absolute atomic E-state index is 0.149. The van der Waals surface area contributed by atoms with Crippen molar-refractivity contribution in [1.82, 2.24) is 24.6 Å². The summed E-state index contributed by atoms with van der Waals surface area (Å²) >= 11 is 9.96. The number of piperazine rings is 1. The van der Waals surface area contributed by atoms with Crippen LogP contribution in [0.3, 0.4) is 0 Å². The van der Waals surface area contributed by atoms with Gasteiger partial charge in [0.1, 0.15) is 16.9 Å². The molecule has 3 aromatic rings. The van der Waals surface area contributed by atoms with Gasteiger partial charge in [-0.3, -0.25) is 4.68 Å². The number of amides is 1. The van der Waals surface area contributed by atoms with Crippen LogP contribution in [-0.2, 0) is 11.8 Å². The number of aryl methyl sites for hydroxylation is 1. The van der Waals surface area contributed by atoms with Crippen molar-refractivity contribution in [2.24, 2.45) is 7.05 Å². The molecule has 0 radical (unpaired) electrons. The number of nitrogens with zero attached hydrogens (tertiary/aromatic N) is 6. The first-order valence-corrected chi connectivity index (χ1v) is 11.5. The Morgan fingerprint density at radius 1 is 1.23 bits per heavy atom. The van der Waals surface area contributed by atoms with Gasteiger partial charge in [-0.05, 0) is 67.2 Å². The third-order valence-corrected chi connectivity index (χ3v) is 6.63. The van der Waals surface area contributed by atoms with E-state index in [0.717, 1.165) is 44.9 Å². The van der Waals surface area contributed by atoms with Gasteiger partial charge in [0.05, 0.1) is 10.9 Å². The summed E-state index contributed by atoms with van der Waals surface area (Å²) in [4.78, 5) is 26.0. The van der Waals surface area contributed by atoms with E-state index in [-0.39, 0.29) is 23.5 Å². The number of ether oxygens (including phenoxy) is 1. The normalized spacial score (nSPS) is 21.4. The molecule has 2 bridgehead atoms. The van der Waals surface area contributed by atoms with Gasteiger partial charge in [0.25, 0.3) is 0 Å². The van der Waals surface area contributed by atoms with Gasteiger partial charge in [-0.1, -0.05) is 0 Å². The molecule has 2 fully saturated rings. The van der Waals surface area contributed by atoms with Crippen LogP contribution in [0.4, 0.5) is 10.6 Å². The molecule has 0 aliphatic carbocycles. The van der Waals surface area contributed by atoms with E-state index in [1.165, 1.54) is 0 Å². The van der Waals surface area contributed by atoms with Gasteiger partial charge in [0.15, 0.2) is 0 Å². The lowest BCUT2D eigenvalue weighted by molar-refractivity contribution is 0.0209. The Kier molecular flexibility index (Phi) is 4.82. The zero-order chi connectivity index (χ0) is 22.1. The summed E-state index contributed by atoms with van der Waals surface area (Å²) in [6.45, 7) is 6.87. The number of likely N-dealkylation sites (tertiary alicyclic amines) is 1. The molecule has 2 unspecified atom stereocenters. The number of benzene rings is 1. The van der Waals surface area contributed by atoms with E-state index < -0.39 is 5.60 Å². The molecule has 2 saturated heterocycles. The largest absolute Gasteiger partial charge is 0.444 e. The Morgan fingerprint density at radius 2 is 1.90 bits per heavy atom. The van der Waals surface area contributed by atoms with Gasteiger partial charge in [-0.15, -0.1) is 0 Å². The van der Waals surface area contributed by atoms with Gasteiger partial charge in [-0.2, -0.15) is 10.1 Å². The van der Waals surface area contributed by atoms with Crippen LogP contribution < -0.4 is 4.90 Å². The molecule has 31 heavy (non-hydrogen) atoms. The van der Waals surface area contributed by atoms with Crippen molar-refractivity contribution in [2.45, 2.75) is 51.3 Å². The van der Waals surface area contributed by atoms with E-state index in [4.69, 9.17) is 16.3 Å². The average molecular weight is 508 g/mol. The molecule has 164 valence electrons. The first-order valence-electron chi connectivity index (χ1n) is 10.4. The number of hydrogen-bond donors (Lipinski definition) is 0. The minimum Gasteiger partial charge on any atom is -0.444 e. The van der Waals surface area contributed by atoms with E-state index in [0.29, 0.717) is 13.1 Å². The Bertz CT molecular complexity index is 1190. The van der Waals surface area contributed by atoms with Crippen LogP contribution in [0.2, 0.25) is 5.28 Å². The van der Waals surface area contributed by atoms with Gasteiger partial charge in [-0.25, -0.2) is 9.78 Å². The maximum absolute atomic E-state index is 12.7. The van der Waals surface area contributed by atoms with Crippen molar-refractivity contribution in [1.29, 1.82) is 0 Å². The molecule has 2 aliphatic rings. The number of hydrogen-bond acceptors (Lipinski definition) is 6. The van der Waals surface area contributed by atoms with Crippen molar-refractivity contribution in [3.05, 3.63) is 22.0 Å². The predicted octanol–water partition coefficient (Wildman–Crippen LogP) is 4.52. The standard InChI is InChI=1S/C21H24BrClN6O2/c1-21(2,3)31-20(30)28-8-11-5-6-12(9-28)29(11)18-16-13-10-27(4)26-17(13)14(22)7-15(16)24-19(23)25-18/h7,10-12H,5-6,8-9H2,1-4H3. The molecule has 2 atom stereocenters. The summed E-state index contributed by atoms with van der Waals surface area (Å²) < 4.78 is 8.27. The SMILES string of the molecule is Cn1cc2c(n1)c(Br)cc1nc(Cl)nc(N3C4CCC3CN(C(=O)OC(C)(C)C)C4)c12. The number of anilines is 1. The summed E-state index contributed by atoms with van der Waals surface area (Å²) in [7, 11) is 1.90. The van der Waals surface area contributed by atoms with Gasteiger partial charge in [0.2, 0.25) is 5.28 Å². The third-order valence-electron chi connectivity index (χ3n) is 5.86. The third kappa shape index (κ3) is 3.61. The van der Waals surface area contributed by atoms with E-state index in [1.54, 1.807) is 4.68 Å². The Labute approximate surface area is 193 Å². The van der Waals surface area contributed by atoms with E-state index in [2.05, 4.69) is 35.9 Å². The summed E-state index contributed by atoms with van der Waals surface area (Å²) in [6, 6.07) is 2.24. The average Bonchev–Trinajstić information content (AvgIpc) is 3.16. The number of halogens is 2. The molecule has 1 amide bonds. The fourth-order valence-electron chi connectivity index (χ4n) is 4.75. The number of carbonyl (C=O) groups is 1. The molecular formula is C21H24BrClN6O2. The van der Waals surface area contributed by atoms with Crippen molar-refractivity contribution in [2.75, 3.05) is 18.0 Å². The van der Waals surface area contributed by atoms with Crippen LogP contribution in [0.25, 0.3) is 21.8 Å². The first-order chi connectivity index (χ1) is 14.6. The molecule has 1 aromatic carbocycles. The highest BCUT2D eigenvalue weighted by Gasteiger charge is 2.44. The molecule has 0 saturated carbocycles. The monoisotopic (exact) mass is 506 g/mol. The van der Waals surface area contributed by atoms with Crippen LogP contribution >= 0.6 is 27.5 Å². The maximum atomic E-state index is 12.7. The quantitative estimate of drug-likeness (QED) is 0.451. The molecule has 4 heterocycles. The van der Waals surface area contributed by atoms with Crippen LogP contribution in [0.5, 0.6) is 0 Å². The number of rotatable bonds is 1. The number of aromatic nitrogens is 4. The first kappa shape index (κ1) is 20.8. The van der Waals surface area contributed by atoms with Gasteiger partial charge < -0.3 is 14.5 Å². The molecule has 0 spiro atoms. The second-order valence-electron chi connectivity index (χ2n) is 9.31. The van der Waals surface area contributed by atoms with Crippen LogP contribution in [0, 0.1) is 0 Å². The lowest BCUT2D eigenvalue weighted by atomic mass is 10.1. The molecule has 8 nitrogen and oxygen atoms in total. The summed E-state index contributed by atoms with van der Waals surface area (Å²) in [5.41, 5.74) is 1.13. The van der Waals surface area contributed by atoms with Gasteiger partial charge >= 0.3 is 6.09 Å². The fourth-order valence-corrected chi connectivity index (χ4v) is 5.43. The topological polar surface area (TPSA) is 76.4 Å².